The van der Waals surface area contributed by atoms with Crippen LogP contribution in [0.1, 0.15) is 40.4 Å². The zero-order valence-corrected chi connectivity index (χ0v) is 19.7. The second-order valence-electron chi connectivity index (χ2n) is 8.88. The van der Waals surface area contributed by atoms with E-state index >= 15 is 0 Å². The van der Waals surface area contributed by atoms with E-state index in [0.29, 0.717) is 44.7 Å². The summed E-state index contributed by atoms with van der Waals surface area (Å²) >= 11 is 0. The van der Waals surface area contributed by atoms with Gasteiger partial charge >= 0.3 is 0 Å². The van der Waals surface area contributed by atoms with E-state index in [2.05, 4.69) is 17.3 Å². The first-order valence-corrected chi connectivity index (χ1v) is 11.5. The Morgan fingerprint density at radius 1 is 1.09 bits per heavy atom. The lowest BCUT2D eigenvalue weighted by Crippen LogP contribution is -2.56. The molecule has 2 heterocycles. The lowest BCUT2D eigenvalue weighted by molar-refractivity contribution is -0.144. The van der Waals surface area contributed by atoms with Gasteiger partial charge in [0.2, 0.25) is 5.91 Å². The highest BCUT2D eigenvalue weighted by Crippen LogP contribution is 2.39. The molecule has 1 atom stereocenters. The molecule has 2 aromatic carbocycles. The highest BCUT2D eigenvalue weighted by atomic mass is 16.5. The summed E-state index contributed by atoms with van der Waals surface area (Å²) in [6.45, 7) is 3.19. The van der Waals surface area contributed by atoms with Gasteiger partial charge in [0.05, 0.1) is 18.6 Å². The Kier molecular flexibility index (Phi) is 7.00. The number of carbonyl (C=O) groups excluding carboxylic acids is 2. The van der Waals surface area contributed by atoms with Crippen molar-refractivity contribution in [3.8, 4) is 5.75 Å². The highest BCUT2D eigenvalue weighted by molar-refractivity contribution is 5.94. The molecule has 2 saturated heterocycles. The first-order valence-electron chi connectivity index (χ1n) is 11.5. The Hall–Kier alpha value is -2.90. The minimum Gasteiger partial charge on any atom is -0.497 e. The Morgan fingerprint density at radius 3 is 2.48 bits per heavy atom. The van der Waals surface area contributed by atoms with Crippen LogP contribution in [-0.2, 0) is 14.9 Å². The van der Waals surface area contributed by atoms with Crippen molar-refractivity contribution >= 4 is 11.8 Å². The summed E-state index contributed by atoms with van der Waals surface area (Å²) in [6, 6.07) is 15.6. The Morgan fingerprint density at radius 2 is 1.82 bits per heavy atom. The summed E-state index contributed by atoms with van der Waals surface area (Å²) in [5, 5.41) is 2.69. The van der Waals surface area contributed by atoms with Crippen LogP contribution in [0.4, 0.5) is 0 Å². The standard InChI is InChI=1S/C26H33N3O4/c1-27-24(30)20-6-4-5-19(17-20)23-18-29(14-13-28(23)2)25(31)26(11-15-33-16-12-26)21-7-9-22(32-3)10-8-21/h4-10,17,23H,11-16,18H2,1-3H3,(H,27,30)/t23-/m0/s1. The fourth-order valence-corrected chi connectivity index (χ4v) is 5.01. The molecule has 2 aliphatic heterocycles. The maximum Gasteiger partial charge on any atom is 0.251 e. The number of piperazine rings is 1. The molecule has 2 aliphatic rings. The van der Waals surface area contributed by atoms with Gasteiger partial charge < -0.3 is 19.7 Å². The minimum atomic E-state index is -0.588. The quantitative estimate of drug-likeness (QED) is 0.757. The summed E-state index contributed by atoms with van der Waals surface area (Å²) in [6.07, 6.45) is 1.34. The molecule has 2 aromatic rings. The third kappa shape index (κ3) is 4.61. The van der Waals surface area contributed by atoms with Crippen LogP contribution in [0.15, 0.2) is 48.5 Å². The summed E-state index contributed by atoms with van der Waals surface area (Å²) in [5.41, 5.74) is 2.11. The van der Waals surface area contributed by atoms with Crippen molar-refractivity contribution in [2.24, 2.45) is 0 Å². The predicted molar refractivity (Wildman–Crippen MR) is 127 cm³/mol. The van der Waals surface area contributed by atoms with Crippen molar-refractivity contribution in [3.05, 3.63) is 65.2 Å². The lowest BCUT2D eigenvalue weighted by Gasteiger charge is -2.45. The van der Waals surface area contributed by atoms with E-state index in [0.717, 1.165) is 23.4 Å². The highest BCUT2D eigenvalue weighted by Gasteiger charge is 2.45. The van der Waals surface area contributed by atoms with Crippen LogP contribution < -0.4 is 10.1 Å². The minimum absolute atomic E-state index is 0.0278. The number of likely N-dealkylation sites (N-methyl/N-ethyl adjacent to an activating group) is 1. The molecule has 4 rings (SSSR count). The molecule has 0 saturated carbocycles. The SMILES string of the molecule is CNC(=O)c1cccc([C@@H]2CN(C(=O)C3(c4ccc(OC)cc4)CCOCC3)CCN2C)c1. The van der Waals surface area contributed by atoms with Crippen LogP contribution in [-0.4, -0.2) is 75.7 Å². The van der Waals surface area contributed by atoms with Crippen LogP contribution in [0.25, 0.3) is 0 Å². The van der Waals surface area contributed by atoms with Crippen LogP contribution in [0.3, 0.4) is 0 Å². The molecule has 0 aromatic heterocycles. The molecule has 2 fully saturated rings. The molecule has 33 heavy (non-hydrogen) atoms. The number of hydrogen-bond acceptors (Lipinski definition) is 5. The van der Waals surface area contributed by atoms with Crippen molar-refractivity contribution in [3.63, 3.8) is 0 Å². The van der Waals surface area contributed by atoms with Gasteiger partial charge in [-0.1, -0.05) is 24.3 Å². The van der Waals surface area contributed by atoms with Crippen LogP contribution in [0, 0.1) is 0 Å². The van der Waals surface area contributed by atoms with Crippen LogP contribution in [0.2, 0.25) is 0 Å². The topological polar surface area (TPSA) is 71.1 Å². The first-order chi connectivity index (χ1) is 16.0. The van der Waals surface area contributed by atoms with E-state index in [4.69, 9.17) is 9.47 Å². The molecule has 0 bridgehead atoms. The predicted octanol–water partition coefficient (Wildman–Crippen LogP) is 2.62. The van der Waals surface area contributed by atoms with E-state index in [1.54, 1.807) is 14.2 Å². The number of rotatable bonds is 5. The maximum absolute atomic E-state index is 14.1. The number of methoxy groups -OCH3 is 1. The molecule has 7 heteroatoms. The Balaban J connectivity index is 1.61. The molecule has 1 N–H and O–H groups in total. The van der Waals surface area contributed by atoms with Crippen molar-refractivity contribution in [2.75, 3.05) is 54.1 Å². The fraction of sp³-hybridized carbons (Fsp3) is 0.462. The summed E-state index contributed by atoms with van der Waals surface area (Å²) in [4.78, 5) is 30.5. The van der Waals surface area contributed by atoms with E-state index in [1.165, 1.54) is 0 Å². The number of nitrogens with one attached hydrogen (secondary N) is 1. The van der Waals surface area contributed by atoms with E-state index in [1.807, 2.05) is 53.4 Å². The largest absolute Gasteiger partial charge is 0.497 e. The third-order valence-electron chi connectivity index (χ3n) is 7.09. The molecular formula is C26H33N3O4. The van der Waals surface area contributed by atoms with Gasteiger partial charge in [0, 0.05) is 45.5 Å². The number of amides is 2. The van der Waals surface area contributed by atoms with Gasteiger partial charge in [-0.05, 0) is 55.3 Å². The normalized spacial score (nSPS) is 20.8. The lowest BCUT2D eigenvalue weighted by atomic mass is 9.72. The second-order valence-corrected chi connectivity index (χ2v) is 8.88. The molecule has 2 amide bonds. The van der Waals surface area contributed by atoms with E-state index < -0.39 is 5.41 Å². The van der Waals surface area contributed by atoms with E-state index in [9.17, 15) is 9.59 Å². The van der Waals surface area contributed by atoms with Gasteiger partial charge in [-0.25, -0.2) is 0 Å². The average Bonchev–Trinajstić information content (AvgIpc) is 2.88. The number of benzene rings is 2. The zero-order valence-electron chi connectivity index (χ0n) is 19.7. The van der Waals surface area contributed by atoms with Crippen molar-refractivity contribution in [1.82, 2.24) is 15.1 Å². The Labute approximate surface area is 195 Å². The first kappa shape index (κ1) is 23.3. The van der Waals surface area contributed by atoms with Gasteiger partial charge in [0.15, 0.2) is 0 Å². The van der Waals surface area contributed by atoms with Crippen molar-refractivity contribution in [1.29, 1.82) is 0 Å². The molecule has 7 nitrogen and oxygen atoms in total. The van der Waals surface area contributed by atoms with Crippen LogP contribution in [0.5, 0.6) is 5.75 Å². The fourth-order valence-electron chi connectivity index (χ4n) is 5.01. The summed E-state index contributed by atoms with van der Waals surface area (Å²) in [7, 11) is 5.36. The van der Waals surface area contributed by atoms with Crippen molar-refractivity contribution < 1.29 is 19.1 Å². The average molecular weight is 452 g/mol. The Bertz CT molecular complexity index is 985. The molecule has 0 spiro atoms. The zero-order chi connectivity index (χ0) is 23.4. The molecule has 0 unspecified atom stereocenters. The van der Waals surface area contributed by atoms with Gasteiger partial charge in [0.1, 0.15) is 5.75 Å². The second kappa shape index (κ2) is 9.93. The summed E-state index contributed by atoms with van der Waals surface area (Å²) < 4.78 is 11.0. The maximum atomic E-state index is 14.1. The molecule has 176 valence electrons. The number of ether oxygens (including phenoxy) is 2. The summed E-state index contributed by atoms with van der Waals surface area (Å²) in [5.74, 6) is 0.837. The van der Waals surface area contributed by atoms with Gasteiger partial charge in [-0.15, -0.1) is 0 Å². The molecular weight excluding hydrogens is 418 g/mol. The molecule has 0 radical (unpaired) electrons. The number of carbonyl (C=O) groups is 2. The van der Waals surface area contributed by atoms with Gasteiger partial charge in [0.25, 0.3) is 5.91 Å². The third-order valence-corrected chi connectivity index (χ3v) is 7.09. The van der Waals surface area contributed by atoms with Crippen LogP contribution >= 0.6 is 0 Å². The number of hydrogen-bond donors (Lipinski definition) is 1. The number of nitrogens with zero attached hydrogens (tertiary/aromatic N) is 2. The van der Waals surface area contributed by atoms with Gasteiger partial charge in [-0.2, -0.15) is 0 Å². The smallest absolute Gasteiger partial charge is 0.251 e. The van der Waals surface area contributed by atoms with Gasteiger partial charge in [-0.3, -0.25) is 14.5 Å². The molecule has 0 aliphatic carbocycles. The monoisotopic (exact) mass is 451 g/mol. The van der Waals surface area contributed by atoms with Crippen molar-refractivity contribution in [2.45, 2.75) is 24.3 Å². The van der Waals surface area contributed by atoms with E-state index in [-0.39, 0.29) is 17.9 Å².